The van der Waals surface area contributed by atoms with E-state index < -0.39 is 37.7 Å². The number of carbonyl (C=O) groups excluding carboxylic acids is 3. The van der Waals surface area contributed by atoms with Crippen molar-refractivity contribution in [2.75, 3.05) is 39.3 Å². The first-order valence-electron chi connectivity index (χ1n) is 21.7. The lowest BCUT2D eigenvalue weighted by Crippen LogP contribution is -2.46. The van der Waals surface area contributed by atoms with Gasteiger partial charge in [-0.1, -0.05) is 69.3 Å². The van der Waals surface area contributed by atoms with Gasteiger partial charge in [0.2, 0.25) is 11.2 Å². The molecule has 1 fully saturated rings. The summed E-state index contributed by atoms with van der Waals surface area (Å²) in [6, 6.07) is 21.3. The molecule has 0 radical (unpaired) electrons. The van der Waals surface area contributed by atoms with Gasteiger partial charge in [-0.05, 0) is 119 Å². The van der Waals surface area contributed by atoms with Crippen molar-refractivity contribution in [2.24, 2.45) is 5.92 Å². The number of aromatic hydroxyl groups is 1. The molecule has 5 rings (SSSR count). The Morgan fingerprint density at radius 2 is 1.58 bits per heavy atom. The lowest BCUT2D eigenvalue weighted by atomic mass is 9.85. The number of phenolic OH excluding ortho intramolecular Hbond substituents is 1. The number of pyridine rings is 1. The maximum atomic E-state index is 13.8. The molecule has 4 aromatic rings. The lowest BCUT2D eigenvalue weighted by molar-refractivity contribution is -0.164. The number of nitrogens with zero attached hydrogens (tertiary/aromatic N) is 1. The van der Waals surface area contributed by atoms with Gasteiger partial charge in [0.05, 0.1) is 24.8 Å². The number of phenols is 1. The number of ether oxygens (including phenoxy) is 2. The molecule has 6 N–H and O–H groups in total. The maximum absolute atomic E-state index is 13.8. The zero-order valence-electron chi connectivity index (χ0n) is 38.4. The minimum atomic E-state index is -2.46. The van der Waals surface area contributed by atoms with Gasteiger partial charge in [0.1, 0.15) is 11.4 Å². The van der Waals surface area contributed by atoms with Crippen LogP contribution in [0, 0.1) is 5.92 Å². The van der Waals surface area contributed by atoms with Crippen molar-refractivity contribution >= 4 is 43.7 Å². The molecule has 0 bridgehead atoms. The van der Waals surface area contributed by atoms with E-state index in [-0.39, 0.29) is 77.5 Å². The van der Waals surface area contributed by atoms with Crippen LogP contribution in [0.5, 0.6) is 5.75 Å². The highest BCUT2D eigenvalue weighted by molar-refractivity contribution is 6.74. The maximum Gasteiger partial charge on any atom is 0.410 e. The number of aromatic amines is 1. The van der Waals surface area contributed by atoms with E-state index in [1.165, 1.54) is 18.2 Å². The Bertz CT molecular complexity index is 2250. The zero-order valence-corrected chi connectivity index (χ0v) is 39.4. The van der Waals surface area contributed by atoms with Crippen molar-refractivity contribution in [2.45, 2.75) is 103 Å². The molecule has 1 saturated heterocycles. The van der Waals surface area contributed by atoms with Crippen molar-refractivity contribution < 1.29 is 48.4 Å². The number of nitrogens with one attached hydrogen (secondary N) is 3. The Labute approximate surface area is 376 Å². The van der Waals surface area contributed by atoms with Gasteiger partial charge in [-0.3, -0.25) is 14.4 Å². The molecule has 15 nitrogen and oxygen atoms in total. The molecule has 348 valence electrons. The smallest absolute Gasteiger partial charge is 0.410 e. The molecule has 3 aromatic carbocycles. The minimum Gasteiger partial charge on any atom is -0.506 e. The van der Waals surface area contributed by atoms with E-state index in [0.717, 1.165) is 25.9 Å². The summed E-state index contributed by atoms with van der Waals surface area (Å²) in [5, 5.41) is 36.3. The number of fused-ring (bicyclic) bond motifs is 1. The number of carbonyl (C=O) groups is 4. The SMILES string of the molecule is CC(C)(C)OC(=O)N(CCCCNC(=O)c1cccc(C(O)(C(=O)OCC2CCNCC2)c2ccccc2)c1)C[C@H](O[Si](C)(C)C(C)(C)C)c1ccc(O)c2[nH]c(=O)ccc12.O=CO. The number of H-pyrrole nitrogens is 1. The molecule has 1 unspecified atom stereocenters. The molecule has 64 heavy (non-hydrogen) atoms. The second-order valence-corrected chi connectivity index (χ2v) is 23.4. The largest absolute Gasteiger partial charge is 0.506 e. The van der Waals surface area contributed by atoms with Gasteiger partial charge in [-0.25, -0.2) is 9.59 Å². The Balaban J connectivity index is 0.00000291. The van der Waals surface area contributed by atoms with E-state index in [4.69, 9.17) is 23.8 Å². The molecule has 0 aliphatic carbocycles. The van der Waals surface area contributed by atoms with Crippen LogP contribution in [0.15, 0.2) is 83.7 Å². The van der Waals surface area contributed by atoms with Gasteiger partial charge >= 0.3 is 12.1 Å². The molecule has 16 heteroatoms. The van der Waals surface area contributed by atoms with Crippen LogP contribution >= 0.6 is 0 Å². The average molecular weight is 903 g/mol. The summed E-state index contributed by atoms with van der Waals surface area (Å²) in [5.74, 6) is -1.06. The van der Waals surface area contributed by atoms with Crippen LogP contribution in [-0.4, -0.2) is 103 Å². The highest BCUT2D eigenvalue weighted by Crippen LogP contribution is 2.42. The first kappa shape index (κ1) is 51.1. The molecule has 0 spiro atoms. The molecule has 0 saturated carbocycles. The summed E-state index contributed by atoms with van der Waals surface area (Å²) in [6.45, 7) is 18.4. The number of esters is 1. The van der Waals surface area contributed by atoms with E-state index in [9.17, 15) is 29.4 Å². The number of amides is 2. The lowest BCUT2D eigenvalue weighted by Gasteiger charge is -2.41. The predicted molar refractivity (Wildman–Crippen MR) is 248 cm³/mol. The van der Waals surface area contributed by atoms with Crippen LogP contribution < -0.4 is 16.2 Å². The second kappa shape index (κ2) is 22.4. The molecule has 1 aliphatic heterocycles. The van der Waals surface area contributed by atoms with E-state index in [1.807, 2.05) is 0 Å². The van der Waals surface area contributed by atoms with Crippen molar-refractivity contribution in [3.63, 3.8) is 0 Å². The topological polar surface area (TPSA) is 217 Å². The van der Waals surface area contributed by atoms with E-state index in [2.05, 4.69) is 49.5 Å². The molecule has 2 amide bonds. The van der Waals surface area contributed by atoms with Crippen LogP contribution in [0.2, 0.25) is 18.1 Å². The monoisotopic (exact) mass is 902 g/mol. The first-order chi connectivity index (χ1) is 30.1. The summed E-state index contributed by atoms with van der Waals surface area (Å²) in [5.41, 5.74) is -1.43. The fourth-order valence-corrected chi connectivity index (χ4v) is 8.37. The third-order valence-corrected chi connectivity index (χ3v) is 16.1. The molecule has 1 aromatic heterocycles. The van der Waals surface area contributed by atoms with E-state index in [1.54, 1.807) is 86.3 Å². The highest BCUT2D eigenvalue weighted by atomic mass is 28.4. The van der Waals surface area contributed by atoms with E-state index in [0.29, 0.717) is 29.4 Å². The Morgan fingerprint density at radius 3 is 2.22 bits per heavy atom. The predicted octanol–water partition coefficient (Wildman–Crippen LogP) is 7.22. The number of rotatable bonds is 16. The van der Waals surface area contributed by atoms with Crippen LogP contribution in [0.3, 0.4) is 0 Å². The van der Waals surface area contributed by atoms with Gasteiger partial charge in [-0.2, -0.15) is 0 Å². The van der Waals surface area contributed by atoms with Crippen molar-refractivity contribution in [3.8, 4) is 5.75 Å². The zero-order chi connectivity index (χ0) is 47.3. The molecular formula is C48H66N4O11Si. The van der Waals surface area contributed by atoms with Crippen LogP contribution in [0.4, 0.5) is 4.79 Å². The Morgan fingerprint density at radius 1 is 0.922 bits per heavy atom. The summed E-state index contributed by atoms with van der Waals surface area (Å²) < 4.78 is 18.6. The number of aliphatic hydroxyl groups is 1. The highest BCUT2D eigenvalue weighted by Gasteiger charge is 2.43. The standard InChI is InChI=1S/C47H64N4O9Si.CH2O2/c1-45(2,3)59-44(56)51(30-39(60-61(7,8)46(4,5)6)36-19-21-38(52)41-37(36)20-22-40(53)50-41)28-13-12-25-49-42(54)33-15-14-18-35(29-33)47(57,34-16-10-9-11-17-34)43(55)58-31-32-23-26-48-27-24-32;2-1-3/h9-11,14-22,29,32,39,48,52,57H,12-13,23-28,30-31H2,1-8H3,(H,49,54)(H,50,53);1H,(H,2,3)/t39-,47?;/m0./s1. The minimum absolute atomic E-state index is 0.0716. The fraction of sp³-hybridized carbons (Fsp3) is 0.479. The fourth-order valence-electron chi connectivity index (χ4n) is 7.10. The number of hydrogen-bond acceptors (Lipinski definition) is 11. The van der Waals surface area contributed by atoms with Gasteiger partial charge in [0, 0.05) is 35.7 Å². The van der Waals surface area contributed by atoms with Crippen LogP contribution in [-0.2, 0) is 29.1 Å². The van der Waals surface area contributed by atoms with Gasteiger partial charge in [-0.15, -0.1) is 0 Å². The van der Waals surface area contributed by atoms with Crippen molar-refractivity contribution in [1.82, 2.24) is 20.5 Å². The van der Waals surface area contributed by atoms with Crippen molar-refractivity contribution in [1.29, 1.82) is 0 Å². The average Bonchev–Trinajstić information content (AvgIpc) is 3.24. The summed E-state index contributed by atoms with van der Waals surface area (Å²) in [7, 11) is -2.46. The second-order valence-electron chi connectivity index (χ2n) is 18.6. The summed E-state index contributed by atoms with van der Waals surface area (Å²) in [4.78, 5) is 66.1. The Hall–Kier alpha value is -5.55. The third-order valence-electron chi connectivity index (χ3n) is 11.6. The van der Waals surface area contributed by atoms with Crippen LogP contribution in [0.25, 0.3) is 10.9 Å². The molecule has 2 atom stereocenters. The van der Waals surface area contributed by atoms with Gasteiger partial charge < -0.3 is 49.7 Å². The summed E-state index contributed by atoms with van der Waals surface area (Å²) in [6.07, 6.45) is 1.61. The van der Waals surface area contributed by atoms with Gasteiger partial charge in [0.25, 0.3) is 12.4 Å². The number of carboxylic acid groups (broad SMARTS) is 1. The molecule has 1 aliphatic rings. The molecular weight excluding hydrogens is 837 g/mol. The number of aromatic nitrogens is 1. The number of unbranched alkanes of at least 4 members (excludes halogenated alkanes) is 1. The number of benzene rings is 3. The normalized spacial score (nSPS) is 14.9. The number of hydrogen-bond donors (Lipinski definition) is 6. The van der Waals surface area contributed by atoms with Crippen LogP contribution in [0.1, 0.15) is 100 Å². The first-order valence-corrected chi connectivity index (χ1v) is 24.6. The van der Waals surface area contributed by atoms with Gasteiger partial charge in [0.15, 0.2) is 8.32 Å². The Kier molecular flexibility index (Phi) is 17.9. The van der Waals surface area contributed by atoms with E-state index >= 15 is 0 Å². The third kappa shape index (κ3) is 13.7. The molecule has 2 heterocycles. The summed E-state index contributed by atoms with van der Waals surface area (Å²) >= 11 is 0. The number of piperidine rings is 1. The van der Waals surface area contributed by atoms with Crippen molar-refractivity contribution in [3.05, 3.63) is 111 Å². The quantitative estimate of drug-likeness (QED) is 0.0284.